The zero-order valence-corrected chi connectivity index (χ0v) is 10.9. The molecule has 4 atom stereocenters. The number of fused-ring (bicyclic) bond motifs is 1. The molecular weight excluding hydrogens is 242 g/mol. The Bertz CT molecular complexity index is 603. The van der Waals surface area contributed by atoms with Gasteiger partial charge >= 0.3 is 0 Å². The van der Waals surface area contributed by atoms with Crippen LogP contribution in [0.3, 0.4) is 0 Å². The maximum absolute atomic E-state index is 6.03. The molecule has 0 spiro atoms. The van der Waals surface area contributed by atoms with Crippen molar-refractivity contribution in [2.75, 3.05) is 0 Å². The highest BCUT2D eigenvalue weighted by Crippen LogP contribution is 2.52. The third-order valence-corrected chi connectivity index (χ3v) is 4.77. The van der Waals surface area contributed by atoms with E-state index >= 15 is 0 Å². The van der Waals surface area contributed by atoms with Crippen LogP contribution in [0, 0.1) is 18.8 Å². The van der Waals surface area contributed by atoms with Crippen molar-refractivity contribution in [1.29, 1.82) is 0 Å². The van der Waals surface area contributed by atoms with Crippen LogP contribution in [0.4, 0.5) is 0 Å². The van der Waals surface area contributed by atoms with Gasteiger partial charge in [-0.3, -0.25) is 0 Å². The number of rotatable bonds is 2. The Morgan fingerprint density at radius 2 is 2.21 bits per heavy atom. The largest absolute Gasteiger partial charge is 0.469 e. The molecule has 0 bridgehead atoms. The van der Waals surface area contributed by atoms with Crippen molar-refractivity contribution < 1.29 is 8.94 Å². The molecular formula is C14H17N3O2. The maximum Gasteiger partial charge on any atom is 0.230 e. The second-order valence-corrected chi connectivity index (χ2v) is 5.84. The SMILES string of the molecule is Cc1occc1-c1noc(C2C[C@@H]3C[C@H](N)[C@@H]3C2)n1. The molecule has 100 valence electrons. The number of hydrogen-bond acceptors (Lipinski definition) is 5. The van der Waals surface area contributed by atoms with E-state index in [1.54, 1.807) is 6.26 Å². The van der Waals surface area contributed by atoms with Gasteiger partial charge in [0.15, 0.2) is 0 Å². The van der Waals surface area contributed by atoms with Gasteiger partial charge in [0.2, 0.25) is 11.7 Å². The Morgan fingerprint density at radius 3 is 2.89 bits per heavy atom. The Hall–Kier alpha value is -1.62. The minimum Gasteiger partial charge on any atom is -0.469 e. The molecule has 2 N–H and O–H groups in total. The van der Waals surface area contributed by atoms with Crippen LogP contribution in [0.15, 0.2) is 21.3 Å². The molecule has 5 nitrogen and oxygen atoms in total. The summed E-state index contributed by atoms with van der Waals surface area (Å²) in [4.78, 5) is 4.54. The Kier molecular flexibility index (Phi) is 2.33. The molecule has 2 aromatic rings. The summed E-state index contributed by atoms with van der Waals surface area (Å²) in [6.07, 6.45) is 5.04. The quantitative estimate of drug-likeness (QED) is 0.896. The molecule has 0 aliphatic heterocycles. The van der Waals surface area contributed by atoms with Crippen LogP contribution >= 0.6 is 0 Å². The lowest BCUT2D eigenvalue weighted by atomic mass is 9.72. The number of hydrogen-bond donors (Lipinski definition) is 1. The van der Waals surface area contributed by atoms with Gasteiger partial charge in [0.1, 0.15) is 5.76 Å². The molecule has 2 fully saturated rings. The lowest BCUT2D eigenvalue weighted by Gasteiger charge is -2.37. The summed E-state index contributed by atoms with van der Waals surface area (Å²) in [7, 11) is 0. The van der Waals surface area contributed by atoms with E-state index in [0.717, 1.165) is 42.4 Å². The maximum atomic E-state index is 6.03. The van der Waals surface area contributed by atoms with Crippen molar-refractivity contribution in [3.8, 4) is 11.4 Å². The molecule has 2 aliphatic rings. The fraction of sp³-hybridized carbons (Fsp3) is 0.571. The molecule has 0 amide bonds. The van der Waals surface area contributed by atoms with Crippen LogP contribution in [0.2, 0.25) is 0 Å². The highest BCUT2D eigenvalue weighted by Gasteiger charge is 2.47. The zero-order valence-electron chi connectivity index (χ0n) is 10.9. The molecule has 0 aromatic carbocycles. The van der Waals surface area contributed by atoms with Gasteiger partial charge in [0.05, 0.1) is 11.8 Å². The summed E-state index contributed by atoms with van der Waals surface area (Å²) in [5, 5.41) is 4.08. The molecule has 1 unspecified atom stereocenters. The number of nitrogens with two attached hydrogens (primary N) is 1. The average Bonchev–Trinajstić information content (AvgIpc) is 3.06. The second kappa shape index (κ2) is 3.93. The van der Waals surface area contributed by atoms with Crippen LogP contribution in [0.25, 0.3) is 11.4 Å². The van der Waals surface area contributed by atoms with Crippen molar-refractivity contribution in [1.82, 2.24) is 10.1 Å². The van der Waals surface area contributed by atoms with Gasteiger partial charge in [-0.25, -0.2) is 0 Å². The zero-order chi connectivity index (χ0) is 13.0. The van der Waals surface area contributed by atoms with Gasteiger partial charge in [0.25, 0.3) is 0 Å². The summed E-state index contributed by atoms with van der Waals surface area (Å²) in [6.45, 7) is 1.90. The molecule has 2 heterocycles. The Morgan fingerprint density at radius 1 is 1.32 bits per heavy atom. The molecule has 0 radical (unpaired) electrons. The van der Waals surface area contributed by atoms with E-state index < -0.39 is 0 Å². The molecule has 5 heteroatoms. The molecule has 19 heavy (non-hydrogen) atoms. The third-order valence-electron chi connectivity index (χ3n) is 4.77. The van der Waals surface area contributed by atoms with E-state index in [1.165, 1.54) is 0 Å². The van der Waals surface area contributed by atoms with Gasteiger partial charge < -0.3 is 14.7 Å². The highest BCUT2D eigenvalue weighted by molar-refractivity contribution is 5.56. The molecule has 2 aromatic heterocycles. The summed E-state index contributed by atoms with van der Waals surface area (Å²) in [5.41, 5.74) is 6.94. The smallest absolute Gasteiger partial charge is 0.230 e. The molecule has 2 saturated carbocycles. The molecule has 4 rings (SSSR count). The Labute approximate surface area is 111 Å². The van der Waals surface area contributed by atoms with E-state index in [4.69, 9.17) is 14.7 Å². The molecule has 0 saturated heterocycles. The standard InChI is InChI=1S/C14H17N3O2/c1-7-10(2-3-18-7)13-16-14(19-17-13)9-4-8-6-12(15)11(8)5-9/h2-3,8-9,11-12H,4-6,15H2,1H3/t8-,9?,11-,12+/m1/s1. The topological polar surface area (TPSA) is 78.1 Å². The minimum absolute atomic E-state index is 0.383. The van der Waals surface area contributed by atoms with Crippen LogP contribution in [0.5, 0.6) is 0 Å². The first-order chi connectivity index (χ1) is 9.22. The molecule has 2 aliphatic carbocycles. The first-order valence-electron chi connectivity index (χ1n) is 6.86. The van der Waals surface area contributed by atoms with Crippen molar-refractivity contribution in [2.24, 2.45) is 17.6 Å². The van der Waals surface area contributed by atoms with Gasteiger partial charge in [-0.1, -0.05) is 5.16 Å². The summed E-state index contributed by atoms with van der Waals surface area (Å²) in [5.74, 6) is 4.03. The third kappa shape index (κ3) is 1.64. The monoisotopic (exact) mass is 259 g/mol. The number of aryl methyl sites for hydroxylation is 1. The van der Waals surface area contributed by atoms with Gasteiger partial charge in [-0.15, -0.1) is 0 Å². The van der Waals surface area contributed by atoms with E-state index in [1.807, 2.05) is 13.0 Å². The van der Waals surface area contributed by atoms with E-state index in [9.17, 15) is 0 Å². The lowest BCUT2D eigenvalue weighted by molar-refractivity contribution is 0.173. The van der Waals surface area contributed by atoms with Gasteiger partial charge in [0, 0.05) is 12.0 Å². The number of furan rings is 1. The summed E-state index contributed by atoms with van der Waals surface area (Å²) >= 11 is 0. The predicted octanol–water partition coefficient (Wildman–Crippen LogP) is 2.48. The first kappa shape index (κ1) is 11.2. The van der Waals surface area contributed by atoms with E-state index in [2.05, 4.69) is 10.1 Å². The van der Waals surface area contributed by atoms with Crippen molar-refractivity contribution >= 4 is 0 Å². The fourth-order valence-corrected chi connectivity index (χ4v) is 3.61. The lowest BCUT2D eigenvalue weighted by Crippen LogP contribution is -2.44. The first-order valence-corrected chi connectivity index (χ1v) is 6.86. The van der Waals surface area contributed by atoms with Crippen molar-refractivity contribution in [2.45, 2.75) is 38.1 Å². The van der Waals surface area contributed by atoms with Crippen LogP contribution in [0.1, 0.15) is 36.8 Å². The van der Waals surface area contributed by atoms with Gasteiger partial charge in [-0.05, 0) is 44.1 Å². The fourth-order valence-electron chi connectivity index (χ4n) is 3.61. The normalized spacial score (nSPS) is 33.2. The van der Waals surface area contributed by atoms with Crippen molar-refractivity contribution in [3.63, 3.8) is 0 Å². The van der Waals surface area contributed by atoms with Gasteiger partial charge in [-0.2, -0.15) is 4.98 Å². The highest BCUT2D eigenvalue weighted by atomic mass is 16.5. The Balaban J connectivity index is 1.58. The van der Waals surface area contributed by atoms with Crippen LogP contribution in [-0.4, -0.2) is 16.2 Å². The minimum atomic E-state index is 0.383. The summed E-state index contributed by atoms with van der Waals surface area (Å²) < 4.78 is 10.7. The van der Waals surface area contributed by atoms with Crippen LogP contribution < -0.4 is 5.73 Å². The van der Waals surface area contributed by atoms with Crippen LogP contribution in [-0.2, 0) is 0 Å². The second-order valence-electron chi connectivity index (χ2n) is 5.84. The summed E-state index contributed by atoms with van der Waals surface area (Å²) in [6, 6.07) is 2.26. The van der Waals surface area contributed by atoms with Crippen molar-refractivity contribution in [3.05, 3.63) is 24.0 Å². The number of aromatic nitrogens is 2. The number of nitrogens with zero attached hydrogens (tertiary/aromatic N) is 2. The van der Waals surface area contributed by atoms with E-state index in [-0.39, 0.29) is 0 Å². The van der Waals surface area contributed by atoms with E-state index in [0.29, 0.717) is 23.7 Å². The predicted molar refractivity (Wildman–Crippen MR) is 68.3 cm³/mol. The average molecular weight is 259 g/mol.